The Labute approximate surface area is 126 Å². The molecular weight excluding hydrogens is 272 g/mol. The van der Waals surface area contributed by atoms with Crippen molar-refractivity contribution < 1.29 is 9.53 Å². The van der Waals surface area contributed by atoms with E-state index < -0.39 is 0 Å². The summed E-state index contributed by atoms with van der Waals surface area (Å²) in [5.74, 6) is 2.83. The molecule has 3 aliphatic heterocycles. The molecule has 4 atom stereocenters. The molecule has 0 radical (unpaired) electrons. The van der Waals surface area contributed by atoms with Crippen molar-refractivity contribution in [3.8, 4) is 0 Å². The first-order valence-electron chi connectivity index (χ1n) is 7.99. The van der Waals surface area contributed by atoms with Gasteiger partial charge in [-0.2, -0.15) is 11.8 Å². The predicted octanol–water partition coefficient (Wildman–Crippen LogP) is 1.50. The molecule has 0 aromatic carbocycles. The van der Waals surface area contributed by atoms with Crippen LogP contribution in [-0.4, -0.2) is 60.2 Å². The van der Waals surface area contributed by atoms with E-state index in [2.05, 4.69) is 17.1 Å². The van der Waals surface area contributed by atoms with Gasteiger partial charge in [0.05, 0.1) is 12.0 Å². The van der Waals surface area contributed by atoms with Crippen LogP contribution in [0.15, 0.2) is 0 Å². The highest BCUT2D eigenvalue weighted by Crippen LogP contribution is 2.28. The monoisotopic (exact) mass is 298 g/mol. The molecule has 4 nitrogen and oxygen atoms in total. The zero-order valence-electron chi connectivity index (χ0n) is 12.3. The minimum absolute atomic E-state index is 0.169. The summed E-state index contributed by atoms with van der Waals surface area (Å²) in [6.45, 7) is 4.80. The van der Waals surface area contributed by atoms with Gasteiger partial charge in [-0.3, -0.25) is 4.79 Å². The van der Waals surface area contributed by atoms with Gasteiger partial charge < -0.3 is 15.0 Å². The zero-order valence-corrected chi connectivity index (χ0v) is 13.2. The molecule has 20 heavy (non-hydrogen) atoms. The Kier molecular flexibility index (Phi) is 4.89. The minimum atomic E-state index is 0.169. The Morgan fingerprint density at radius 2 is 2.30 bits per heavy atom. The smallest absolute Gasteiger partial charge is 0.227 e. The van der Waals surface area contributed by atoms with E-state index in [1.807, 2.05) is 11.8 Å². The predicted molar refractivity (Wildman–Crippen MR) is 82.0 cm³/mol. The van der Waals surface area contributed by atoms with E-state index in [1.165, 1.54) is 5.75 Å². The summed E-state index contributed by atoms with van der Waals surface area (Å²) >= 11 is 1.98. The van der Waals surface area contributed by atoms with Crippen LogP contribution in [0.5, 0.6) is 0 Å². The van der Waals surface area contributed by atoms with Crippen molar-refractivity contribution in [2.45, 2.75) is 50.8 Å². The molecule has 114 valence electrons. The van der Waals surface area contributed by atoms with E-state index in [0.717, 1.165) is 51.1 Å². The van der Waals surface area contributed by atoms with Crippen molar-refractivity contribution in [3.05, 3.63) is 0 Å². The number of carbonyl (C=O) groups is 1. The maximum atomic E-state index is 13.0. The fourth-order valence-electron chi connectivity index (χ4n) is 3.60. The van der Waals surface area contributed by atoms with Gasteiger partial charge in [-0.05, 0) is 44.9 Å². The second-order valence-corrected chi connectivity index (χ2v) is 7.43. The molecule has 3 heterocycles. The van der Waals surface area contributed by atoms with E-state index in [0.29, 0.717) is 18.0 Å². The SMILES string of the molecule is CC1NCCC1C(=O)N(CC1CCCO1)C1CCSC1. The van der Waals surface area contributed by atoms with Crippen LogP contribution in [0.4, 0.5) is 0 Å². The molecule has 3 saturated heterocycles. The number of nitrogens with one attached hydrogen (secondary N) is 1. The van der Waals surface area contributed by atoms with Crippen molar-refractivity contribution in [2.75, 3.05) is 31.2 Å². The zero-order chi connectivity index (χ0) is 13.9. The van der Waals surface area contributed by atoms with Gasteiger partial charge in [0.2, 0.25) is 5.91 Å². The summed E-state index contributed by atoms with van der Waals surface area (Å²) < 4.78 is 5.77. The second-order valence-electron chi connectivity index (χ2n) is 6.28. The van der Waals surface area contributed by atoms with Crippen LogP contribution in [0.25, 0.3) is 0 Å². The Morgan fingerprint density at radius 3 is 2.90 bits per heavy atom. The van der Waals surface area contributed by atoms with E-state index >= 15 is 0 Å². The van der Waals surface area contributed by atoms with E-state index in [4.69, 9.17) is 4.74 Å². The first kappa shape index (κ1) is 14.7. The topological polar surface area (TPSA) is 41.6 Å². The Hall–Kier alpha value is -0.260. The summed E-state index contributed by atoms with van der Waals surface area (Å²) in [4.78, 5) is 15.1. The summed E-state index contributed by atoms with van der Waals surface area (Å²) in [5.41, 5.74) is 0. The Morgan fingerprint density at radius 1 is 1.40 bits per heavy atom. The fraction of sp³-hybridized carbons (Fsp3) is 0.933. The molecule has 3 aliphatic rings. The standard InChI is InChI=1S/C15H26N2O2S/c1-11-14(4-6-16-11)15(18)17(12-5-8-20-10-12)9-13-3-2-7-19-13/h11-14,16H,2-10H2,1H3. The molecule has 0 aromatic rings. The van der Waals surface area contributed by atoms with Crippen molar-refractivity contribution in [3.63, 3.8) is 0 Å². The van der Waals surface area contributed by atoms with Crippen molar-refractivity contribution in [2.24, 2.45) is 5.92 Å². The second kappa shape index (κ2) is 6.67. The molecule has 4 unspecified atom stereocenters. The summed E-state index contributed by atoms with van der Waals surface area (Å²) in [6.07, 6.45) is 4.67. The van der Waals surface area contributed by atoms with Crippen LogP contribution >= 0.6 is 11.8 Å². The van der Waals surface area contributed by atoms with E-state index in [-0.39, 0.29) is 12.0 Å². The lowest BCUT2D eigenvalue weighted by Crippen LogP contribution is -2.49. The quantitative estimate of drug-likeness (QED) is 0.854. The molecule has 5 heteroatoms. The largest absolute Gasteiger partial charge is 0.376 e. The molecule has 3 rings (SSSR count). The van der Waals surface area contributed by atoms with Crippen LogP contribution in [-0.2, 0) is 9.53 Å². The van der Waals surface area contributed by atoms with Gasteiger partial charge in [0.1, 0.15) is 0 Å². The number of ether oxygens (including phenoxy) is 1. The summed E-state index contributed by atoms with van der Waals surface area (Å²) in [5, 5.41) is 3.41. The number of rotatable bonds is 4. The number of amides is 1. The Bertz CT molecular complexity index is 341. The normalized spacial score (nSPS) is 37.5. The van der Waals surface area contributed by atoms with Crippen molar-refractivity contribution >= 4 is 17.7 Å². The fourth-order valence-corrected chi connectivity index (χ4v) is 4.83. The molecular formula is C15H26N2O2S. The van der Waals surface area contributed by atoms with Gasteiger partial charge in [-0.25, -0.2) is 0 Å². The molecule has 0 aliphatic carbocycles. The molecule has 1 amide bonds. The van der Waals surface area contributed by atoms with Crippen LogP contribution in [0, 0.1) is 5.92 Å². The molecule has 0 saturated carbocycles. The van der Waals surface area contributed by atoms with Gasteiger partial charge in [0, 0.05) is 31.0 Å². The molecule has 1 N–H and O–H groups in total. The maximum absolute atomic E-state index is 13.0. The van der Waals surface area contributed by atoms with Gasteiger partial charge in [-0.1, -0.05) is 0 Å². The highest BCUT2D eigenvalue weighted by molar-refractivity contribution is 7.99. The van der Waals surface area contributed by atoms with Gasteiger partial charge >= 0.3 is 0 Å². The maximum Gasteiger partial charge on any atom is 0.227 e. The highest BCUT2D eigenvalue weighted by Gasteiger charge is 2.37. The number of hydrogen-bond acceptors (Lipinski definition) is 4. The number of thioether (sulfide) groups is 1. The summed E-state index contributed by atoms with van der Waals surface area (Å²) in [7, 11) is 0. The highest BCUT2D eigenvalue weighted by atomic mass is 32.2. The lowest BCUT2D eigenvalue weighted by atomic mass is 9.98. The molecule has 0 aromatic heterocycles. The minimum Gasteiger partial charge on any atom is -0.376 e. The lowest BCUT2D eigenvalue weighted by molar-refractivity contribution is -0.139. The molecule has 0 spiro atoms. The average molecular weight is 298 g/mol. The first-order chi connectivity index (χ1) is 9.75. The van der Waals surface area contributed by atoms with Crippen LogP contribution in [0.1, 0.15) is 32.6 Å². The van der Waals surface area contributed by atoms with Crippen LogP contribution < -0.4 is 5.32 Å². The van der Waals surface area contributed by atoms with Gasteiger partial charge in [-0.15, -0.1) is 0 Å². The van der Waals surface area contributed by atoms with E-state index in [1.54, 1.807) is 0 Å². The van der Waals surface area contributed by atoms with Crippen LogP contribution in [0.2, 0.25) is 0 Å². The summed E-state index contributed by atoms with van der Waals surface area (Å²) in [6, 6.07) is 0.757. The third-order valence-corrected chi connectivity index (χ3v) is 6.04. The number of hydrogen-bond donors (Lipinski definition) is 1. The van der Waals surface area contributed by atoms with Gasteiger partial charge in [0.15, 0.2) is 0 Å². The van der Waals surface area contributed by atoms with Crippen LogP contribution in [0.3, 0.4) is 0 Å². The average Bonchev–Trinajstić information content (AvgIpc) is 3.17. The third-order valence-electron chi connectivity index (χ3n) is 4.90. The molecule has 0 bridgehead atoms. The van der Waals surface area contributed by atoms with Crippen molar-refractivity contribution in [1.29, 1.82) is 0 Å². The van der Waals surface area contributed by atoms with E-state index in [9.17, 15) is 4.79 Å². The third kappa shape index (κ3) is 3.15. The van der Waals surface area contributed by atoms with Gasteiger partial charge in [0.25, 0.3) is 0 Å². The van der Waals surface area contributed by atoms with Crippen molar-refractivity contribution in [1.82, 2.24) is 10.2 Å². The Balaban J connectivity index is 1.68. The first-order valence-corrected chi connectivity index (χ1v) is 9.14. The number of nitrogens with zero attached hydrogens (tertiary/aromatic N) is 1. The number of carbonyl (C=O) groups excluding carboxylic acids is 1. The lowest BCUT2D eigenvalue weighted by Gasteiger charge is -2.33. The molecule has 3 fully saturated rings.